The maximum Gasteiger partial charge on any atom is 0.00747 e. The Morgan fingerprint density at radius 2 is 1.60 bits per heavy atom. The third-order valence-corrected chi connectivity index (χ3v) is 3.32. The van der Waals surface area contributed by atoms with Crippen molar-refractivity contribution in [2.75, 3.05) is 0 Å². The zero-order valence-electron chi connectivity index (χ0n) is 10.3. The Hall–Kier alpha value is -0.430. The van der Waals surface area contributed by atoms with E-state index in [2.05, 4.69) is 52.0 Å². The Morgan fingerprint density at radius 1 is 1.00 bits per heavy atom. The zero-order chi connectivity index (χ0) is 11.3. The molecule has 0 nitrogen and oxygen atoms in total. The maximum atomic E-state index is 2.28. The van der Waals surface area contributed by atoms with Crippen LogP contribution in [0.4, 0.5) is 0 Å². The molecule has 0 N–H and O–H groups in total. The first kappa shape index (κ1) is 12.6. The van der Waals surface area contributed by atoms with Gasteiger partial charge in [-0.15, -0.1) is 11.8 Å². The summed E-state index contributed by atoms with van der Waals surface area (Å²) in [5.74, 6) is 0.801. The summed E-state index contributed by atoms with van der Waals surface area (Å²) < 4.78 is 0. The molecule has 0 aromatic heterocycles. The van der Waals surface area contributed by atoms with Crippen LogP contribution in [0.2, 0.25) is 0 Å². The van der Waals surface area contributed by atoms with Gasteiger partial charge in [0.2, 0.25) is 0 Å². The van der Waals surface area contributed by atoms with Gasteiger partial charge in [0.1, 0.15) is 0 Å². The second-order valence-electron chi connectivity index (χ2n) is 4.74. The molecule has 0 atom stereocenters. The Morgan fingerprint density at radius 3 is 2.07 bits per heavy atom. The van der Waals surface area contributed by atoms with Crippen LogP contribution in [0, 0.1) is 5.92 Å². The van der Waals surface area contributed by atoms with Crippen LogP contribution in [0.15, 0.2) is 29.2 Å². The highest BCUT2D eigenvalue weighted by atomic mass is 32.2. The summed E-state index contributed by atoms with van der Waals surface area (Å²) >= 11 is 1.93. The summed E-state index contributed by atoms with van der Waals surface area (Å²) in [4.78, 5) is 1.39. The summed E-state index contributed by atoms with van der Waals surface area (Å²) in [5, 5.41) is 0.673. The smallest absolute Gasteiger partial charge is 0.00747 e. The normalized spacial score (nSPS) is 11.3. The highest BCUT2D eigenvalue weighted by Gasteiger charge is 1.99. The topological polar surface area (TPSA) is 0 Å². The van der Waals surface area contributed by atoms with Gasteiger partial charge in [0.15, 0.2) is 0 Å². The molecule has 0 radical (unpaired) electrons. The Labute approximate surface area is 98.5 Å². The lowest BCUT2D eigenvalue weighted by Crippen LogP contribution is -1.92. The first-order valence-corrected chi connectivity index (χ1v) is 6.71. The maximum absolute atomic E-state index is 2.28. The molecule has 0 aliphatic rings. The molecule has 0 bridgehead atoms. The van der Waals surface area contributed by atoms with Crippen LogP contribution in [0.5, 0.6) is 0 Å². The van der Waals surface area contributed by atoms with Crippen LogP contribution in [-0.4, -0.2) is 5.25 Å². The van der Waals surface area contributed by atoms with E-state index in [1.807, 2.05) is 11.8 Å². The number of hydrogen-bond donors (Lipinski definition) is 0. The lowest BCUT2D eigenvalue weighted by atomic mass is 10.0. The van der Waals surface area contributed by atoms with Gasteiger partial charge in [0, 0.05) is 10.1 Å². The molecule has 0 amide bonds. The third-order valence-electron chi connectivity index (χ3n) is 2.31. The predicted octanol–water partition coefficient (Wildman–Crippen LogP) is 4.78. The van der Waals surface area contributed by atoms with E-state index < -0.39 is 0 Å². The molecule has 1 aromatic rings. The zero-order valence-corrected chi connectivity index (χ0v) is 11.1. The van der Waals surface area contributed by atoms with Crippen molar-refractivity contribution in [3.05, 3.63) is 29.8 Å². The lowest BCUT2D eigenvalue weighted by Gasteiger charge is -2.07. The molecule has 0 saturated heterocycles. The Balaban J connectivity index is 2.49. The van der Waals surface area contributed by atoms with Gasteiger partial charge in [0.25, 0.3) is 0 Å². The van der Waals surface area contributed by atoms with Crippen LogP contribution < -0.4 is 0 Å². The Kier molecular flexibility index (Phi) is 5.24. The number of aryl methyl sites for hydroxylation is 1. The van der Waals surface area contributed by atoms with Crippen molar-refractivity contribution in [2.45, 2.75) is 50.7 Å². The van der Waals surface area contributed by atoms with Gasteiger partial charge < -0.3 is 0 Å². The SMILES string of the molecule is CC(C)CCc1ccc(SC(C)C)cc1. The van der Waals surface area contributed by atoms with E-state index in [1.54, 1.807) is 0 Å². The Bertz CT molecular complexity index is 272. The molecule has 84 valence electrons. The first-order valence-electron chi connectivity index (χ1n) is 5.83. The number of thioether (sulfide) groups is 1. The van der Waals surface area contributed by atoms with Crippen LogP contribution in [0.1, 0.15) is 39.7 Å². The molecule has 0 fully saturated rings. The third kappa shape index (κ3) is 5.27. The second-order valence-corrected chi connectivity index (χ2v) is 6.39. The highest BCUT2D eigenvalue weighted by Crippen LogP contribution is 2.23. The van der Waals surface area contributed by atoms with E-state index in [9.17, 15) is 0 Å². The van der Waals surface area contributed by atoms with Crippen molar-refractivity contribution in [3.8, 4) is 0 Å². The predicted molar refractivity (Wildman–Crippen MR) is 70.6 cm³/mol. The minimum atomic E-state index is 0.673. The van der Waals surface area contributed by atoms with Gasteiger partial charge in [-0.25, -0.2) is 0 Å². The molecule has 1 aromatic carbocycles. The number of benzene rings is 1. The molecule has 1 rings (SSSR count). The van der Waals surface area contributed by atoms with Gasteiger partial charge in [-0.1, -0.05) is 39.8 Å². The quantitative estimate of drug-likeness (QED) is 0.646. The van der Waals surface area contributed by atoms with Crippen molar-refractivity contribution in [1.29, 1.82) is 0 Å². The van der Waals surface area contributed by atoms with Crippen LogP contribution in [0.3, 0.4) is 0 Å². The summed E-state index contributed by atoms with van der Waals surface area (Å²) in [5.41, 5.74) is 1.47. The minimum Gasteiger partial charge on any atom is -0.123 e. The van der Waals surface area contributed by atoms with E-state index in [-0.39, 0.29) is 0 Å². The van der Waals surface area contributed by atoms with Crippen LogP contribution >= 0.6 is 11.8 Å². The van der Waals surface area contributed by atoms with Crippen molar-refractivity contribution in [1.82, 2.24) is 0 Å². The molecular formula is C14H22S. The summed E-state index contributed by atoms with van der Waals surface area (Å²) in [6.45, 7) is 9.03. The molecule has 15 heavy (non-hydrogen) atoms. The lowest BCUT2D eigenvalue weighted by molar-refractivity contribution is 0.586. The fourth-order valence-corrected chi connectivity index (χ4v) is 2.30. The van der Waals surface area contributed by atoms with Gasteiger partial charge in [-0.2, -0.15) is 0 Å². The number of hydrogen-bond acceptors (Lipinski definition) is 1. The molecule has 1 heteroatoms. The molecule has 0 aliphatic carbocycles. The van der Waals surface area contributed by atoms with Gasteiger partial charge >= 0.3 is 0 Å². The molecule has 0 aliphatic heterocycles. The molecular weight excluding hydrogens is 200 g/mol. The molecule has 0 heterocycles. The summed E-state index contributed by atoms with van der Waals surface area (Å²) in [7, 11) is 0. The van der Waals surface area contributed by atoms with Gasteiger partial charge in [-0.3, -0.25) is 0 Å². The van der Waals surface area contributed by atoms with E-state index in [0.29, 0.717) is 5.25 Å². The van der Waals surface area contributed by atoms with E-state index in [1.165, 1.54) is 23.3 Å². The average molecular weight is 222 g/mol. The highest BCUT2D eigenvalue weighted by molar-refractivity contribution is 7.99. The van der Waals surface area contributed by atoms with Crippen LogP contribution in [-0.2, 0) is 6.42 Å². The van der Waals surface area contributed by atoms with E-state index in [0.717, 1.165) is 5.92 Å². The van der Waals surface area contributed by atoms with Crippen molar-refractivity contribution in [2.24, 2.45) is 5.92 Å². The standard InChI is InChI=1S/C14H22S/c1-11(2)5-6-13-7-9-14(10-8-13)15-12(3)4/h7-12H,5-6H2,1-4H3. The largest absolute Gasteiger partial charge is 0.123 e. The minimum absolute atomic E-state index is 0.673. The summed E-state index contributed by atoms with van der Waals surface area (Å²) in [6, 6.07) is 9.04. The van der Waals surface area contributed by atoms with Crippen molar-refractivity contribution >= 4 is 11.8 Å². The van der Waals surface area contributed by atoms with Crippen LogP contribution in [0.25, 0.3) is 0 Å². The van der Waals surface area contributed by atoms with Gasteiger partial charge in [-0.05, 0) is 36.5 Å². The fraction of sp³-hybridized carbons (Fsp3) is 0.571. The van der Waals surface area contributed by atoms with Crippen molar-refractivity contribution < 1.29 is 0 Å². The number of rotatable bonds is 5. The fourth-order valence-electron chi connectivity index (χ4n) is 1.46. The monoisotopic (exact) mass is 222 g/mol. The van der Waals surface area contributed by atoms with E-state index >= 15 is 0 Å². The average Bonchev–Trinajstić information content (AvgIpc) is 2.16. The van der Waals surface area contributed by atoms with E-state index in [4.69, 9.17) is 0 Å². The second kappa shape index (κ2) is 6.22. The molecule has 0 saturated carbocycles. The molecule has 0 spiro atoms. The van der Waals surface area contributed by atoms with Gasteiger partial charge in [0.05, 0.1) is 0 Å². The molecule has 0 unspecified atom stereocenters. The first-order chi connectivity index (χ1) is 7.08. The summed E-state index contributed by atoms with van der Waals surface area (Å²) in [6.07, 6.45) is 2.50. The van der Waals surface area contributed by atoms with Crippen molar-refractivity contribution in [3.63, 3.8) is 0 Å².